The van der Waals surface area contributed by atoms with Crippen molar-refractivity contribution < 1.29 is 4.79 Å². The number of hydrogen-bond donors (Lipinski definition) is 1. The van der Waals surface area contributed by atoms with Crippen LogP contribution in [0.2, 0.25) is 0 Å². The van der Waals surface area contributed by atoms with E-state index in [0.29, 0.717) is 18.1 Å². The summed E-state index contributed by atoms with van der Waals surface area (Å²) in [5, 5.41) is 4.57. The maximum atomic E-state index is 13.0. The third-order valence-corrected chi connectivity index (χ3v) is 6.52. The van der Waals surface area contributed by atoms with Crippen LogP contribution in [0.1, 0.15) is 41.0 Å². The minimum atomic E-state index is 0.124. The van der Waals surface area contributed by atoms with Crippen molar-refractivity contribution in [2.75, 3.05) is 7.05 Å². The Morgan fingerprint density at radius 1 is 1.21 bits per heavy atom. The molecule has 2 unspecified atom stereocenters. The first-order valence-electron chi connectivity index (χ1n) is 8.68. The zero-order chi connectivity index (χ0) is 16.7. The smallest absolute Gasteiger partial charge is 0.265 e. The van der Waals surface area contributed by atoms with Crippen molar-refractivity contribution in [2.24, 2.45) is 0 Å². The first kappa shape index (κ1) is 15.8. The molecule has 2 atom stereocenters. The Labute approximate surface area is 146 Å². The van der Waals surface area contributed by atoms with E-state index in [1.54, 1.807) is 0 Å². The summed E-state index contributed by atoms with van der Waals surface area (Å²) in [7, 11) is 1.96. The summed E-state index contributed by atoms with van der Waals surface area (Å²) in [6.07, 6.45) is 4.64. The van der Waals surface area contributed by atoms with E-state index in [1.807, 2.05) is 49.2 Å². The lowest BCUT2D eigenvalue weighted by atomic mass is 9.98. The number of aryl methyl sites for hydroxylation is 1. The van der Waals surface area contributed by atoms with E-state index in [-0.39, 0.29) is 5.91 Å². The van der Waals surface area contributed by atoms with Crippen molar-refractivity contribution in [1.29, 1.82) is 0 Å². The summed E-state index contributed by atoms with van der Waals surface area (Å²) >= 11 is 1.51. The number of nitrogens with one attached hydrogen (secondary N) is 1. The topological polar surface area (TPSA) is 45.2 Å². The summed E-state index contributed by atoms with van der Waals surface area (Å²) in [5.41, 5.74) is 1.92. The van der Waals surface area contributed by atoms with Gasteiger partial charge in [0, 0.05) is 30.7 Å². The Balaban J connectivity index is 1.55. The molecule has 2 aliphatic heterocycles. The molecule has 0 aliphatic carbocycles. The van der Waals surface area contributed by atoms with Gasteiger partial charge in [0.2, 0.25) is 0 Å². The standard InChI is InChI=1S/C19H23N3OS/c1-12-17(24-18(20-12)13-6-4-3-5-7-13)19(23)22(2)16-10-14-8-9-15(11-16)21-14/h3-7,14-16,21H,8-11H2,1-2H3. The van der Waals surface area contributed by atoms with Crippen molar-refractivity contribution in [3.05, 3.63) is 40.9 Å². The highest BCUT2D eigenvalue weighted by molar-refractivity contribution is 7.17. The molecule has 4 rings (SSSR count). The molecule has 2 aliphatic rings. The van der Waals surface area contributed by atoms with Gasteiger partial charge in [-0.2, -0.15) is 0 Å². The highest BCUT2D eigenvalue weighted by Crippen LogP contribution is 2.32. The molecule has 2 saturated heterocycles. The van der Waals surface area contributed by atoms with Gasteiger partial charge in [-0.3, -0.25) is 4.79 Å². The molecule has 1 aromatic heterocycles. The average molecular weight is 341 g/mol. The summed E-state index contributed by atoms with van der Waals surface area (Å²) in [4.78, 5) is 20.4. The van der Waals surface area contributed by atoms with Crippen LogP contribution in [0.15, 0.2) is 30.3 Å². The lowest BCUT2D eigenvalue weighted by Crippen LogP contribution is -2.48. The van der Waals surface area contributed by atoms with E-state index < -0.39 is 0 Å². The zero-order valence-corrected chi connectivity index (χ0v) is 15.0. The SMILES string of the molecule is Cc1nc(-c2ccccc2)sc1C(=O)N(C)C1CC2CCC(C1)N2. The molecule has 3 heterocycles. The first-order valence-corrected chi connectivity index (χ1v) is 9.49. The number of aromatic nitrogens is 1. The number of carbonyl (C=O) groups excluding carboxylic acids is 1. The number of rotatable bonds is 3. The number of hydrogen-bond acceptors (Lipinski definition) is 4. The lowest BCUT2D eigenvalue weighted by molar-refractivity contribution is 0.0685. The van der Waals surface area contributed by atoms with Crippen LogP contribution in [-0.2, 0) is 0 Å². The van der Waals surface area contributed by atoms with Gasteiger partial charge in [0.1, 0.15) is 9.88 Å². The first-order chi connectivity index (χ1) is 11.6. The molecule has 2 fully saturated rings. The van der Waals surface area contributed by atoms with Crippen LogP contribution in [-0.4, -0.2) is 41.0 Å². The van der Waals surface area contributed by atoms with Crippen LogP contribution < -0.4 is 5.32 Å². The van der Waals surface area contributed by atoms with E-state index in [1.165, 1.54) is 24.2 Å². The van der Waals surface area contributed by atoms with Crippen molar-refractivity contribution in [3.8, 4) is 10.6 Å². The second kappa shape index (κ2) is 6.30. The molecule has 2 bridgehead atoms. The maximum Gasteiger partial charge on any atom is 0.265 e. The van der Waals surface area contributed by atoms with Gasteiger partial charge in [-0.1, -0.05) is 30.3 Å². The van der Waals surface area contributed by atoms with Crippen molar-refractivity contribution >= 4 is 17.2 Å². The number of amides is 1. The van der Waals surface area contributed by atoms with Gasteiger partial charge in [0.05, 0.1) is 5.69 Å². The third-order valence-electron chi connectivity index (χ3n) is 5.33. The fourth-order valence-electron chi connectivity index (χ4n) is 3.97. The van der Waals surface area contributed by atoms with E-state index >= 15 is 0 Å². The summed E-state index contributed by atoms with van der Waals surface area (Å²) in [6.45, 7) is 1.94. The molecule has 1 N–H and O–H groups in total. The van der Waals surface area contributed by atoms with Gasteiger partial charge >= 0.3 is 0 Å². The van der Waals surface area contributed by atoms with Crippen molar-refractivity contribution in [3.63, 3.8) is 0 Å². The fraction of sp³-hybridized carbons (Fsp3) is 0.474. The minimum absolute atomic E-state index is 0.124. The van der Waals surface area contributed by atoms with Gasteiger partial charge in [-0.15, -0.1) is 11.3 Å². The summed E-state index contributed by atoms with van der Waals surface area (Å²) in [6, 6.07) is 11.6. The van der Waals surface area contributed by atoms with E-state index in [9.17, 15) is 4.79 Å². The van der Waals surface area contributed by atoms with E-state index in [0.717, 1.165) is 34.0 Å². The molecular formula is C19H23N3OS. The molecule has 24 heavy (non-hydrogen) atoms. The predicted molar refractivity (Wildman–Crippen MR) is 97.3 cm³/mol. The second-order valence-corrected chi connectivity index (χ2v) is 7.98. The van der Waals surface area contributed by atoms with Gasteiger partial charge < -0.3 is 10.2 Å². The third kappa shape index (κ3) is 2.87. The van der Waals surface area contributed by atoms with Gasteiger partial charge in [-0.25, -0.2) is 4.98 Å². The molecule has 5 heteroatoms. The molecule has 0 radical (unpaired) electrons. The van der Waals surface area contributed by atoms with E-state index in [4.69, 9.17) is 0 Å². The quantitative estimate of drug-likeness (QED) is 0.930. The Kier molecular flexibility index (Phi) is 4.14. The second-order valence-electron chi connectivity index (χ2n) is 6.98. The van der Waals surface area contributed by atoms with Gasteiger partial charge in [0.15, 0.2) is 0 Å². The molecule has 4 nitrogen and oxygen atoms in total. The monoisotopic (exact) mass is 341 g/mol. The molecule has 2 aromatic rings. The molecule has 1 amide bonds. The Morgan fingerprint density at radius 2 is 1.88 bits per heavy atom. The molecule has 0 saturated carbocycles. The number of benzene rings is 1. The number of thiazole rings is 1. The van der Waals surface area contributed by atoms with Crippen molar-refractivity contribution in [1.82, 2.24) is 15.2 Å². The molecule has 1 aromatic carbocycles. The maximum absolute atomic E-state index is 13.0. The van der Waals surface area contributed by atoms with Crippen LogP contribution in [0.4, 0.5) is 0 Å². The minimum Gasteiger partial charge on any atom is -0.338 e. The largest absolute Gasteiger partial charge is 0.338 e. The normalized spacial score (nSPS) is 25.7. The highest BCUT2D eigenvalue weighted by atomic mass is 32.1. The summed E-state index contributed by atoms with van der Waals surface area (Å²) in [5.74, 6) is 0.124. The Hall–Kier alpha value is -1.72. The Morgan fingerprint density at radius 3 is 2.54 bits per heavy atom. The van der Waals surface area contributed by atoms with Gasteiger partial charge in [-0.05, 0) is 32.6 Å². The van der Waals surface area contributed by atoms with Crippen LogP contribution in [0.3, 0.4) is 0 Å². The van der Waals surface area contributed by atoms with Gasteiger partial charge in [0.25, 0.3) is 5.91 Å². The van der Waals surface area contributed by atoms with Crippen molar-refractivity contribution in [2.45, 2.75) is 50.7 Å². The highest BCUT2D eigenvalue weighted by Gasteiger charge is 2.37. The van der Waals surface area contributed by atoms with E-state index in [2.05, 4.69) is 10.3 Å². The zero-order valence-electron chi connectivity index (χ0n) is 14.2. The number of carbonyl (C=O) groups is 1. The van der Waals surface area contributed by atoms with Crippen LogP contribution in [0.5, 0.6) is 0 Å². The molecular weight excluding hydrogens is 318 g/mol. The average Bonchev–Trinajstić information content (AvgIpc) is 3.16. The number of nitrogens with zero attached hydrogens (tertiary/aromatic N) is 2. The molecule has 0 spiro atoms. The Bertz CT molecular complexity index is 730. The van der Waals surface area contributed by atoms with Crippen LogP contribution >= 0.6 is 11.3 Å². The van der Waals surface area contributed by atoms with Crippen LogP contribution in [0.25, 0.3) is 10.6 Å². The summed E-state index contributed by atoms with van der Waals surface area (Å²) < 4.78 is 0. The van der Waals surface area contributed by atoms with Crippen LogP contribution in [0, 0.1) is 6.92 Å². The molecule has 126 valence electrons. The fourth-order valence-corrected chi connectivity index (χ4v) is 5.02. The predicted octanol–water partition coefficient (Wildman–Crippen LogP) is 3.47. The number of fused-ring (bicyclic) bond motifs is 2. The lowest BCUT2D eigenvalue weighted by Gasteiger charge is -2.35. The number of piperidine rings is 1.